The highest BCUT2D eigenvalue weighted by atomic mass is 16.6. The van der Waals surface area contributed by atoms with Gasteiger partial charge in [0.25, 0.3) is 11.4 Å². The quantitative estimate of drug-likeness (QED) is 0.0891. The minimum absolute atomic E-state index is 0.0289. The van der Waals surface area contributed by atoms with E-state index in [2.05, 4.69) is 0 Å². The lowest BCUT2D eigenvalue weighted by Gasteiger charge is -2.51. The molecule has 0 amide bonds. The van der Waals surface area contributed by atoms with Crippen LogP contribution in [0.5, 0.6) is 0 Å². The highest BCUT2D eigenvalue weighted by Gasteiger charge is 2.77. The fourth-order valence-corrected chi connectivity index (χ4v) is 27.6. The van der Waals surface area contributed by atoms with E-state index in [1.807, 2.05) is 17.0 Å². The Bertz CT molecular complexity index is 8300. The number of hydrogen-bond donors (Lipinski definition) is 0. The standard InChI is InChI=1S/C74H9N5O8/c80-76(81)8-5-11(78(84)85)71(12(6-8)79(86)87)75-7-73-67-59-51-41-31-23-15-13-14-17-21-19(15)27-35-29(21)39-33-25(17)26-18(14)22-20-16(13)24(23)32-38-28(20)36-30(22)40-34(26)44-43(33)55-49(39)57-47(35)53(45(51)37(27)31)61(67)63(57)69-65(55)66-56(44)50(40)58-48(36)54-46(38)52(42(32)41)60(59)68(73)62(54)64(58)70(66)74(69,73)72(75)9-3-1-2-4-10(9)77(82)83/h1-6,72H,7H2. The summed E-state index contributed by atoms with van der Waals surface area (Å²) in [4.78, 5) is 54.9. The zero-order chi connectivity index (χ0) is 54.4. The second kappa shape index (κ2) is 8.45. The predicted octanol–water partition coefficient (Wildman–Crippen LogP) is 19.2. The van der Waals surface area contributed by atoms with Crippen LogP contribution in [-0.4, -0.2) is 26.2 Å². The molecule has 1 unspecified atom stereocenters. The van der Waals surface area contributed by atoms with Gasteiger partial charge >= 0.3 is 11.4 Å². The number of hydrogen-bond acceptors (Lipinski definition) is 9. The van der Waals surface area contributed by atoms with Gasteiger partial charge in [-0.15, -0.1) is 0 Å². The summed E-state index contributed by atoms with van der Waals surface area (Å²) in [6.45, 7) is -0.0289. The van der Waals surface area contributed by atoms with Crippen LogP contribution in [0.25, 0.3) is 291 Å². The van der Waals surface area contributed by atoms with Crippen LogP contribution in [0.4, 0.5) is 28.4 Å². The molecule has 30 aromatic carbocycles. The average molecular weight is 1100 g/mol. The molecule has 1 heterocycles. The molecule has 1 saturated heterocycles. The summed E-state index contributed by atoms with van der Waals surface area (Å²) in [5.41, 5.74) is -0.569. The third-order valence-electron chi connectivity index (χ3n) is 28.1. The normalized spacial score (nSPS) is 21.1. The molecule has 13 heteroatoms. The number of benzene rings is 20. The first-order chi connectivity index (χ1) is 42.7. The summed E-state index contributed by atoms with van der Waals surface area (Å²) in [5.74, 6) is 0. The molecule has 30 aromatic rings. The second-order valence-electron chi connectivity index (χ2n) is 28.9. The van der Waals surface area contributed by atoms with E-state index in [0.717, 1.165) is 34.4 Å². The first-order valence-corrected chi connectivity index (χ1v) is 30.1. The van der Waals surface area contributed by atoms with Crippen LogP contribution in [0.1, 0.15) is 33.9 Å². The molecule has 0 N–H and O–H groups in total. The van der Waals surface area contributed by atoms with Gasteiger partial charge in [-0.1, -0.05) is 18.2 Å². The molecule has 0 aromatic heterocycles. The van der Waals surface area contributed by atoms with E-state index in [9.17, 15) is 40.5 Å². The third-order valence-corrected chi connectivity index (χ3v) is 28.1. The molecule has 87 heavy (non-hydrogen) atoms. The summed E-state index contributed by atoms with van der Waals surface area (Å²) < 4.78 is 0. The Hall–Kier alpha value is -11.7. The zero-order valence-electron chi connectivity index (χ0n) is 43.3. The van der Waals surface area contributed by atoms with Gasteiger partial charge in [-0.2, -0.15) is 0 Å². The van der Waals surface area contributed by atoms with Gasteiger partial charge in [-0.05, 0) is 313 Å². The van der Waals surface area contributed by atoms with Gasteiger partial charge in [0.2, 0.25) is 0 Å². The van der Waals surface area contributed by atoms with Crippen molar-refractivity contribution in [3.05, 3.63) is 105 Å². The number of rotatable bonds is 6. The fraction of sp³-hybridized carbons (Fsp3) is 0.0541. The lowest BCUT2D eigenvalue weighted by atomic mass is 9.47. The molecular weight excluding hydrogens is 1090 g/mol. The maximum atomic E-state index is 14.3. The molecule has 1 atom stereocenters. The minimum Gasteiger partial charge on any atom is -0.350 e. The van der Waals surface area contributed by atoms with Crippen molar-refractivity contribution < 1.29 is 19.7 Å². The second-order valence-corrected chi connectivity index (χ2v) is 28.9. The van der Waals surface area contributed by atoms with E-state index in [1.54, 1.807) is 6.07 Å². The number of non-ortho nitro benzene ring substituents is 1. The van der Waals surface area contributed by atoms with E-state index >= 15 is 0 Å². The van der Waals surface area contributed by atoms with Gasteiger partial charge in [0.15, 0.2) is 5.69 Å². The van der Waals surface area contributed by atoms with E-state index in [0.29, 0.717) is 5.56 Å². The molecule has 1 fully saturated rings. The maximum Gasteiger partial charge on any atom is 0.306 e. The van der Waals surface area contributed by atoms with Crippen molar-refractivity contribution in [1.82, 2.24) is 0 Å². The molecule has 5 aliphatic rings. The van der Waals surface area contributed by atoms with Gasteiger partial charge < -0.3 is 4.90 Å². The van der Waals surface area contributed by atoms with Crippen LogP contribution in [-0.2, 0) is 10.8 Å². The molecule has 0 saturated carbocycles. The Kier molecular flexibility index (Phi) is 3.44. The van der Waals surface area contributed by atoms with Crippen LogP contribution in [0.2, 0.25) is 0 Å². The van der Waals surface area contributed by atoms with Gasteiger partial charge in [0.1, 0.15) is 0 Å². The molecular formula is C74H9N5O8. The molecule has 0 bridgehead atoms. The van der Waals surface area contributed by atoms with Gasteiger partial charge in [-0.3, -0.25) is 40.5 Å². The highest BCUT2D eigenvalue weighted by Crippen LogP contribution is 2.87. The topological polar surface area (TPSA) is 176 Å². The molecule has 35 rings (SSSR count). The smallest absolute Gasteiger partial charge is 0.306 e. The lowest BCUT2D eigenvalue weighted by molar-refractivity contribution is -0.402. The Balaban J connectivity index is 1.01. The van der Waals surface area contributed by atoms with Crippen LogP contribution in [0.15, 0.2) is 36.4 Å². The number of anilines is 1. The molecule has 4 aliphatic carbocycles. The Morgan fingerprint density at radius 3 is 0.770 bits per heavy atom. The average Bonchev–Trinajstić information content (AvgIpc) is 1.38. The van der Waals surface area contributed by atoms with Crippen LogP contribution in [0.3, 0.4) is 0 Å². The summed E-state index contributed by atoms with van der Waals surface area (Å²) in [6.07, 6.45) is 0. The van der Waals surface area contributed by atoms with Gasteiger partial charge in [0, 0.05) is 12.6 Å². The van der Waals surface area contributed by atoms with Crippen LogP contribution in [0, 0.1) is 40.5 Å². The van der Waals surface area contributed by atoms with Crippen molar-refractivity contribution in [2.75, 3.05) is 11.4 Å². The monoisotopic (exact) mass is 1100 g/mol. The summed E-state index contributed by atoms with van der Waals surface area (Å²) in [7, 11) is 0. The van der Waals surface area contributed by atoms with Crippen molar-refractivity contribution in [3.63, 3.8) is 0 Å². The molecule has 0 radical (unpaired) electrons. The maximum absolute atomic E-state index is 14.3. The van der Waals surface area contributed by atoms with Gasteiger partial charge in [-0.25, -0.2) is 0 Å². The van der Waals surface area contributed by atoms with E-state index in [-0.39, 0.29) is 22.8 Å². The van der Waals surface area contributed by atoms with E-state index in [1.165, 1.54) is 297 Å². The zero-order valence-corrected chi connectivity index (χ0v) is 43.3. The molecule has 2 spiro atoms. The minimum atomic E-state index is -1.34. The van der Waals surface area contributed by atoms with Gasteiger partial charge in [0.05, 0.1) is 54.3 Å². The SMILES string of the molecule is O=[N+]([O-])c1cc([N+](=O)[O-])c(N2CC34c5c6c7c8c9c%10c(c%11c%12c3c3c5c5c%13c6c6c7c7c9c9c%14c%10c%10c%11c%11c%12c%12c3c3c5c5c%13c%13c6c6c7c9c7c9c%14c%10c%10c%11c%11c%12c3c3c5c5c%13c6c7c6c9c%10c%11c3c56)C84C2c2ccccc2[N+](=O)[O-])c([N+](=O)[O-])c1. The third kappa shape index (κ3) is 2.13. The van der Waals surface area contributed by atoms with Crippen molar-refractivity contribution in [3.8, 4) is 0 Å². The fourth-order valence-electron chi connectivity index (χ4n) is 27.6. The Morgan fingerprint density at radius 2 is 0.529 bits per heavy atom. The summed E-state index contributed by atoms with van der Waals surface area (Å²) >= 11 is 0. The number of nitro benzene ring substituents is 4. The largest absolute Gasteiger partial charge is 0.350 e. The first kappa shape index (κ1) is 35.4. The number of nitro groups is 4. The summed E-state index contributed by atoms with van der Waals surface area (Å²) in [5, 5.41) is 128. The van der Waals surface area contributed by atoms with E-state index < -0.39 is 48.7 Å². The van der Waals surface area contributed by atoms with Crippen molar-refractivity contribution in [2.45, 2.75) is 16.9 Å². The predicted molar refractivity (Wildman–Crippen MR) is 343 cm³/mol. The Morgan fingerprint density at radius 1 is 0.299 bits per heavy atom. The highest BCUT2D eigenvalue weighted by molar-refractivity contribution is 6.82. The first-order valence-electron chi connectivity index (χ1n) is 30.1. The number of para-hydroxylation sites is 1. The lowest BCUT2D eigenvalue weighted by Crippen LogP contribution is -2.52. The van der Waals surface area contributed by atoms with Crippen LogP contribution >= 0.6 is 0 Å². The van der Waals surface area contributed by atoms with Crippen molar-refractivity contribution in [1.29, 1.82) is 0 Å². The van der Waals surface area contributed by atoms with Crippen molar-refractivity contribution in [2.24, 2.45) is 0 Å². The van der Waals surface area contributed by atoms with E-state index in [4.69, 9.17) is 0 Å². The number of nitrogens with zero attached hydrogens (tertiary/aromatic N) is 5. The molecule has 378 valence electrons. The van der Waals surface area contributed by atoms with Crippen molar-refractivity contribution >= 4 is 319 Å². The molecule has 1 aliphatic heterocycles. The van der Waals surface area contributed by atoms with Crippen LogP contribution < -0.4 is 4.90 Å². The molecule has 13 nitrogen and oxygen atoms in total. The summed E-state index contributed by atoms with van der Waals surface area (Å²) in [6, 6.07) is 7.37. The Labute approximate surface area is 469 Å².